The zero-order chi connectivity index (χ0) is 17.2. The van der Waals surface area contributed by atoms with Gasteiger partial charge in [-0.3, -0.25) is 4.79 Å². The first-order chi connectivity index (χ1) is 11.2. The molecule has 0 spiro atoms. The van der Waals surface area contributed by atoms with Crippen LogP contribution in [0.1, 0.15) is 117 Å². The van der Waals surface area contributed by atoms with Gasteiger partial charge in [0.05, 0.1) is 6.61 Å². The number of carbonyl (C=O) groups is 1. The van der Waals surface area contributed by atoms with Crippen LogP contribution in [0.15, 0.2) is 0 Å². The summed E-state index contributed by atoms with van der Waals surface area (Å²) < 4.78 is 5.29. The van der Waals surface area contributed by atoms with E-state index in [0.717, 1.165) is 18.8 Å². The van der Waals surface area contributed by atoms with Crippen molar-refractivity contribution in [1.29, 1.82) is 0 Å². The lowest BCUT2D eigenvalue weighted by Crippen LogP contribution is -2.05. The summed E-state index contributed by atoms with van der Waals surface area (Å²) in [7, 11) is 0. The quantitative estimate of drug-likeness (QED) is 0.211. The van der Waals surface area contributed by atoms with Crippen molar-refractivity contribution in [2.24, 2.45) is 5.92 Å². The van der Waals surface area contributed by atoms with Crippen LogP contribution in [-0.2, 0) is 9.53 Å². The average Bonchev–Trinajstić information content (AvgIpc) is 2.52. The van der Waals surface area contributed by atoms with E-state index in [4.69, 9.17) is 4.74 Å². The molecule has 0 aliphatic heterocycles. The monoisotopic (exact) mass is 326 g/mol. The molecule has 0 rings (SSSR count). The highest BCUT2D eigenvalue weighted by Crippen LogP contribution is 2.13. The Labute approximate surface area is 145 Å². The predicted molar refractivity (Wildman–Crippen MR) is 101 cm³/mol. The molecule has 2 nitrogen and oxygen atoms in total. The van der Waals surface area contributed by atoms with E-state index in [1.54, 1.807) is 0 Å². The van der Waals surface area contributed by atoms with Crippen LogP contribution < -0.4 is 0 Å². The van der Waals surface area contributed by atoms with Gasteiger partial charge in [-0.05, 0) is 18.8 Å². The van der Waals surface area contributed by atoms with Gasteiger partial charge in [0.25, 0.3) is 0 Å². The van der Waals surface area contributed by atoms with Crippen molar-refractivity contribution in [3.8, 4) is 0 Å². The molecule has 0 saturated heterocycles. The van der Waals surface area contributed by atoms with Gasteiger partial charge < -0.3 is 4.74 Å². The van der Waals surface area contributed by atoms with Crippen molar-refractivity contribution >= 4 is 5.97 Å². The molecule has 0 N–H and O–H groups in total. The molecule has 0 radical (unpaired) electrons. The first-order valence-electron chi connectivity index (χ1n) is 10.3. The third-order valence-corrected chi connectivity index (χ3v) is 4.42. The van der Waals surface area contributed by atoms with Gasteiger partial charge in [-0.2, -0.15) is 0 Å². The van der Waals surface area contributed by atoms with Crippen LogP contribution in [0, 0.1) is 5.92 Å². The first-order valence-corrected chi connectivity index (χ1v) is 10.3. The minimum atomic E-state index is 0.00971. The Morgan fingerprint density at radius 1 is 0.739 bits per heavy atom. The Bertz CT molecular complexity index is 248. The number of ether oxygens (including phenoxy) is 1. The Morgan fingerprint density at radius 3 is 1.87 bits per heavy atom. The zero-order valence-corrected chi connectivity index (χ0v) is 16.2. The molecule has 0 unspecified atom stereocenters. The summed E-state index contributed by atoms with van der Waals surface area (Å²) >= 11 is 0. The fourth-order valence-electron chi connectivity index (χ4n) is 2.85. The number of rotatable bonds is 17. The van der Waals surface area contributed by atoms with Crippen LogP contribution in [0.4, 0.5) is 0 Å². The molecule has 0 aromatic carbocycles. The van der Waals surface area contributed by atoms with Gasteiger partial charge in [-0.25, -0.2) is 0 Å². The lowest BCUT2D eigenvalue weighted by molar-refractivity contribution is -0.143. The van der Waals surface area contributed by atoms with Crippen LogP contribution in [0.2, 0.25) is 0 Å². The molecule has 0 saturated carbocycles. The normalized spacial score (nSPS) is 11.1. The Morgan fingerprint density at radius 2 is 1.26 bits per heavy atom. The maximum absolute atomic E-state index is 11.6. The van der Waals surface area contributed by atoms with Gasteiger partial charge in [0.2, 0.25) is 0 Å². The second-order valence-electron chi connectivity index (χ2n) is 7.40. The predicted octanol–water partition coefficient (Wildman–Crippen LogP) is 7.06. The highest BCUT2D eigenvalue weighted by atomic mass is 16.5. The number of carbonyl (C=O) groups excluding carboxylic acids is 1. The molecule has 0 aliphatic carbocycles. The van der Waals surface area contributed by atoms with Gasteiger partial charge in [0.1, 0.15) is 0 Å². The Hall–Kier alpha value is -0.530. The number of esters is 1. The Kier molecular flexibility index (Phi) is 17.4. The van der Waals surface area contributed by atoms with Crippen molar-refractivity contribution in [3.63, 3.8) is 0 Å². The maximum Gasteiger partial charge on any atom is 0.305 e. The van der Waals surface area contributed by atoms with E-state index in [-0.39, 0.29) is 5.97 Å². The van der Waals surface area contributed by atoms with Gasteiger partial charge in [-0.1, -0.05) is 97.8 Å². The number of hydrogen-bond donors (Lipinski definition) is 0. The molecule has 0 aromatic heterocycles. The molecular weight excluding hydrogens is 284 g/mol. The Balaban J connectivity index is 3.15. The van der Waals surface area contributed by atoms with Crippen LogP contribution in [0.5, 0.6) is 0 Å². The summed E-state index contributed by atoms with van der Waals surface area (Å²) in [6.07, 6.45) is 18.3. The molecule has 0 fully saturated rings. The largest absolute Gasteiger partial charge is 0.466 e. The third-order valence-electron chi connectivity index (χ3n) is 4.42. The summed E-state index contributed by atoms with van der Waals surface area (Å²) in [5, 5.41) is 0. The molecule has 23 heavy (non-hydrogen) atoms. The van der Waals surface area contributed by atoms with Gasteiger partial charge in [-0.15, -0.1) is 0 Å². The van der Waals surface area contributed by atoms with Crippen LogP contribution in [0.25, 0.3) is 0 Å². The maximum atomic E-state index is 11.6. The number of unbranched alkanes of at least 4 members (excludes halogenated alkanes) is 11. The van der Waals surface area contributed by atoms with Crippen molar-refractivity contribution < 1.29 is 9.53 Å². The van der Waals surface area contributed by atoms with Crippen molar-refractivity contribution in [2.45, 2.75) is 117 Å². The molecular formula is C21H42O2. The molecule has 0 heterocycles. The fourth-order valence-corrected chi connectivity index (χ4v) is 2.85. The highest BCUT2D eigenvalue weighted by molar-refractivity contribution is 5.69. The number of hydrogen-bond acceptors (Lipinski definition) is 2. The van der Waals surface area contributed by atoms with Gasteiger partial charge in [0, 0.05) is 6.42 Å². The van der Waals surface area contributed by atoms with Crippen molar-refractivity contribution in [1.82, 2.24) is 0 Å². The summed E-state index contributed by atoms with van der Waals surface area (Å²) in [5.74, 6) is 0.854. The minimum Gasteiger partial charge on any atom is -0.466 e. The zero-order valence-electron chi connectivity index (χ0n) is 16.2. The summed E-state index contributed by atoms with van der Waals surface area (Å²) in [6.45, 7) is 7.45. The SMILES string of the molecule is CCCCCCCCOC(=O)CCCCCCCCCC(C)C. The minimum absolute atomic E-state index is 0.00971. The van der Waals surface area contributed by atoms with E-state index < -0.39 is 0 Å². The van der Waals surface area contributed by atoms with E-state index in [1.165, 1.54) is 77.0 Å². The van der Waals surface area contributed by atoms with Crippen LogP contribution in [-0.4, -0.2) is 12.6 Å². The molecule has 0 bridgehead atoms. The molecule has 0 aliphatic rings. The van der Waals surface area contributed by atoms with Crippen LogP contribution in [0.3, 0.4) is 0 Å². The lowest BCUT2D eigenvalue weighted by atomic mass is 10.0. The first kappa shape index (κ1) is 22.5. The van der Waals surface area contributed by atoms with Crippen LogP contribution >= 0.6 is 0 Å². The van der Waals surface area contributed by atoms with E-state index >= 15 is 0 Å². The van der Waals surface area contributed by atoms with E-state index in [1.807, 2.05) is 0 Å². The molecule has 0 amide bonds. The molecule has 138 valence electrons. The van der Waals surface area contributed by atoms with Crippen molar-refractivity contribution in [3.05, 3.63) is 0 Å². The molecule has 0 atom stereocenters. The summed E-state index contributed by atoms with van der Waals surface area (Å²) in [4.78, 5) is 11.6. The topological polar surface area (TPSA) is 26.3 Å². The smallest absolute Gasteiger partial charge is 0.305 e. The fraction of sp³-hybridized carbons (Fsp3) is 0.952. The summed E-state index contributed by atoms with van der Waals surface area (Å²) in [6, 6.07) is 0. The molecule has 0 aromatic rings. The van der Waals surface area contributed by atoms with Gasteiger partial charge in [0.15, 0.2) is 0 Å². The highest BCUT2D eigenvalue weighted by Gasteiger charge is 2.02. The molecule has 2 heteroatoms. The standard InChI is InChI=1S/C21H42O2/c1-4-5-6-7-13-16-19-23-21(22)18-15-12-10-8-9-11-14-17-20(2)3/h20H,4-19H2,1-3H3. The summed E-state index contributed by atoms with van der Waals surface area (Å²) in [5.41, 5.74) is 0. The third kappa shape index (κ3) is 19.4. The lowest BCUT2D eigenvalue weighted by Gasteiger charge is -2.06. The van der Waals surface area contributed by atoms with Gasteiger partial charge >= 0.3 is 5.97 Å². The second-order valence-corrected chi connectivity index (χ2v) is 7.40. The average molecular weight is 327 g/mol. The van der Waals surface area contributed by atoms with Crippen molar-refractivity contribution in [2.75, 3.05) is 6.61 Å². The van der Waals surface area contributed by atoms with E-state index in [2.05, 4.69) is 20.8 Å². The van der Waals surface area contributed by atoms with E-state index in [0.29, 0.717) is 13.0 Å². The second kappa shape index (κ2) is 17.8. The van der Waals surface area contributed by atoms with E-state index in [9.17, 15) is 4.79 Å².